The lowest BCUT2D eigenvalue weighted by atomic mass is 9.83. The summed E-state index contributed by atoms with van der Waals surface area (Å²) in [7, 11) is 0.954. The molecule has 1 aliphatic rings. The summed E-state index contributed by atoms with van der Waals surface area (Å²) in [5.41, 5.74) is -0.700. The zero-order chi connectivity index (χ0) is 14.1. The van der Waals surface area contributed by atoms with E-state index in [0.717, 1.165) is 10.2 Å². The van der Waals surface area contributed by atoms with E-state index in [4.69, 9.17) is 4.84 Å². The van der Waals surface area contributed by atoms with Gasteiger partial charge in [-0.15, -0.1) is 5.06 Å². The van der Waals surface area contributed by atoms with Crippen LogP contribution in [0.15, 0.2) is 0 Å². The second kappa shape index (κ2) is 4.83. The second-order valence-corrected chi connectivity index (χ2v) is 9.29. The Labute approximate surface area is 110 Å². The molecule has 0 aromatic heterocycles. The zero-order valence-electron chi connectivity index (χ0n) is 11.7. The largest absolute Gasteiger partial charge is 0.338 e. The summed E-state index contributed by atoms with van der Waals surface area (Å²) in [6.45, 7) is 7.72. The highest BCUT2D eigenvalue weighted by atomic mass is 28.1. The Bertz CT molecular complexity index is 368. The molecule has 1 saturated heterocycles. The summed E-state index contributed by atoms with van der Waals surface area (Å²) in [6, 6.07) is 0. The summed E-state index contributed by atoms with van der Waals surface area (Å²) in [4.78, 5) is 39.7. The van der Waals surface area contributed by atoms with E-state index in [0.29, 0.717) is 11.5 Å². The summed E-state index contributed by atoms with van der Waals surface area (Å²) in [6.07, 6.45) is 0.915. The van der Waals surface area contributed by atoms with Crippen LogP contribution in [-0.4, -0.2) is 33.1 Å². The van der Waals surface area contributed by atoms with Gasteiger partial charge in [-0.3, -0.25) is 9.59 Å². The van der Waals surface area contributed by atoms with E-state index in [1.165, 1.54) is 0 Å². The monoisotopic (exact) mass is 271 g/mol. The van der Waals surface area contributed by atoms with Gasteiger partial charge in [-0.1, -0.05) is 13.8 Å². The molecule has 0 spiro atoms. The van der Waals surface area contributed by atoms with E-state index in [9.17, 15) is 14.4 Å². The van der Waals surface area contributed by atoms with Crippen LogP contribution >= 0.6 is 0 Å². The van der Waals surface area contributed by atoms with Crippen LogP contribution in [0.25, 0.3) is 0 Å². The van der Waals surface area contributed by atoms with Crippen LogP contribution in [-0.2, 0) is 19.2 Å². The first kappa shape index (κ1) is 14.9. The van der Waals surface area contributed by atoms with Crippen LogP contribution in [0, 0.1) is 5.41 Å². The van der Waals surface area contributed by atoms with Crippen molar-refractivity contribution >= 4 is 28.0 Å². The maximum absolute atomic E-state index is 12.0. The van der Waals surface area contributed by atoms with Gasteiger partial charge in [-0.2, -0.15) is 0 Å². The fourth-order valence-corrected chi connectivity index (χ4v) is 3.15. The van der Waals surface area contributed by atoms with E-state index in [1.807, 2.05) is 0 Å². The maximum atomic E-state index is 12.0. The van der Waals surface area contributed by atoms with Gasteiger partial charge in [0.15, 0.2) is 0 Å². The number of carbonyl (C=O) groups excluding carboxylic acids is 3. The molecule has 2 amide bonds. The van der Waals surface area contributed by atoms with Gasteiger partial charge in [0.25, 0.3) is 11.8 Å². The van der Waals surface area contributed by atoms with Crippen molar-refractivity contribution in [2.45, 2.75) is 52.0 Å². The molecule has 0 unspecified atom stereocenters. The fourth-order valence-electron chi connectivity index (χ4n) is 2.26. The van der Waals surface area contributed by atoms with E-state index < -0.39 is 23.2 Å². The normalized spacial score (nSPS) is 17.4. The molecule has 102 valence electrons. The predicted octanol–water partition coefficient (Wildman–Crippen LogP) is 0.574. The fraction of sp³-hybridized carbons (Fsp3) is 0.750. The van der Waals surface area contributed by atoms with Crippen LogP contribution in [0.5, 0.6) is 0 Å². The van der Waals surface area contributed by atoms with Crippen molar-refractivity contribution in [1.29, 1.82) is 0 Å². The van der Waals surface area contributed by atoms with Gasteiger partial charge < -0.3 is 4.84 Å². The minimum absolute atomic E-state index is 0.0988. The Morgan fingerprint density at radius 2 is 1.67 bits per heavy atom. The van der Waals surface area contributed by atoms with E-state index in [1.54, 1.807) is 13.8 Å². The average molecular weight is 271 g/mol. The van der Waals surface area contributed by atoms with E-state index in [2.05, 4.69) is 13.8 Å². The minimum atomic E-state index is -0.700. The van der Waals surface area contributed by atoms with Gasteiger partial charge in [-0.25, -0.2) is 4.79 Å². The van der Waals surface area contributed by atoms with Gasteiger partial charge in [-0.05, 0) is 25.3 Å². The number of imide groups is 1. The third kappa shape index (κ3) is 3.66. The molecule has 5 nitrogen and oxygen atoms in total. The Kier molecular flexibility index (Phi) is 4.00. The standard InChI is InChI=1S/C12H21NO4Si/c1-11(2,7-12(3,4)18)10(16)17-13-8(14)5-6-9(13)15/h5-7H2,1-4,18H3. The molecular weight excluding hydrogens is 250 g/mol. The highest BCUT2D eigenvalue weighted by Gasteiger charge is 2.39. The van der Waals surface area contributed by atoms with Crippen molar-refractivity contribution in [2.75, 3.05) is 0 Å². The Morgan fingerprint density at radius 3 is 2.06 bits per heavy atom. The second-order valence-electron chi connectivity index (χ2n) is 6.58. The molecule has 0 bridgehead atoms. The molecular formula is C12H21NO4Si. The van der Waals surface area contributed by atoms with Crippen molar-refractivity contribution in [3.63, 3.8) is 0 Å². The molecule has 1 rings (SSSR count). The highest BCUT2D eigenvalue weighted by Crippen LogP contribution is 2.37. The molecule has 1 aliphatic heterocycles. The van der Waals surface area contributed by atoms with Crippen molar-refractivity contribution in [3.05, 3.63) is 0 Å². The van der Waals surface area contributed by atoms with Crippen molar-refractivity contribution in [1.82, 2.24) is 5.06 Å². The first-order valence-electron chi connectivity index (χ1n) is 6.11. The van der Waals surface area contributed by atoms with E-state index >= 15 is 0 Å². The summed E-state index contributed by atoms with van der Waals surface area (Å²) >= 11 is 0. The number of rotatable bonds is 4. The molecule has 6 heteroatoms. The van der Waals surface area contributed by atoms with Gasteiger partial charge >= 0.3 is 5.97 Å². The van der Waals surface area contributed by atoms with Gasteiger partial charge in [0.2, 0.25) is 0 Å². The molecule has 0 aliphatic carbocycles. The number of hydroxylamine groups is 2. The number of nitrogens with zero attached hydrogens (tertiary/aromatic N) is 1. The van der Waals surface area contributed by atoms with Crippen molar-refractivity contribution in [2.24, 2.45) is 5.41 Å². The number of amides is 2. The van der Waals surface area contributed by atoms with E-state index in [-0.39, 0.29) is 17.9 Å². The highest BCUT2D eigenvalue weighted by molar-refractivity contribution is 6.14. The van der Waals surface area contributed by atoms with Crippen molar-refractivity contribution < 1.29 is 19.2 Å². The molecule has 0 atom stereocenters. The molecule has 18 heavy (non-hydrogen) atoms. The summed E-state index contributed by atoms with van der Waals surface area (Å²) < 4.78 is 0. The van der Waals surface area contributed by atoms with Crippen molar-refractivity contribution in [3.8, 4) is 0 Å². The number of hydrogen-bond donors (Lipinski definition) is 0. The predicted molar refractivity (Wildman–Crippen MR) is 69.6 cm³/mol. The van der Waals surface area contributed by atoms with Gasteiger partial charge in [0.1, 0.15) is 0 Å². The molecule has 0 radical (unpaired) electrons. The molecule has 0 aromatic carbocycles. The lowest BCUT2D eigenvalue weighted by molar-refractivity contribution is -0.204. The SMILES string of the molecule is CC(C)([SiH3])CC(C)(C)C(=O)ON1C(=O)CCC1=O. The quantitative estimate of drug-likeness (QED) is 0.554. The molecule has 1 heterocycles. The topological polar surface area (TPSA) is 63.7 Å². The van der Waals surface area contributed by atoms with Crippen LogP contribution in [0.4, 0.5) is 0 Å². The summed E-state index contributed by atoms with van der Waals surface area (Å²) in [5.74, 6) is -1.39. The lowest BCUT2D eigenvalue weighted by Gasteiger charge is -2.30. The van der Waals surface area contributed by atoms with Gasteiger partial charge in [0.05, 0.1) is 5.41 Å². The smallest absolute Gasteiger partial charge is 0.330 e. The Morgan fingerprint density at radius 1 is 1.22 bits per heavy atom. The first-order valence-corrected chi connectivity index (χ1v) is 7.11. The van der Waals surface area contributed by atoms with Crippen LogP contribution in [0.3, 0.4) is 0 Å². The average Bonchev–Trinajstić information content (AvgIpc) is 2.45. The Hall–Kier alpha value is -1.17. The minimum Gasteiger partial charge on any atom is -0.330 e. The summed E-state index contributed by atoms with van der Waals surface area (Å²) in [5, 5.41) is 0.714. The molecule has 0 N–H and O–H groups in total. The molecule has 0 aromatic rings. The number of carbonyl (C=O) groups is 3. The molecule has 0 saturated carbocycles. The zero-order valence-corrected chi connectivity index (χ0v) is 13.7. The Balaban J connectivity index is 2.70. The number of hydrogen-bond acceptors (Lipinski definition) is 4. The third-order valence-electron chi connectivity index (χ3n) is 2.70. The maximum Gasteiger partial charge on any atom is 0.338 e. The van der Waals surface area contributed by atoms with Crippen LogP contribution in [0.1, 0.15) is 47.0 Å². The third-order valence-corrected chi connectivity index (χ3v) is 3.06. The van der Waals surface area contributed by atoms with Crippen LogP contribution < -0.4 is 0 Å². The lowest BCUT2D eigenvalue weighted by Crippen LogP contribution is -2.38. The van der Waals surface area contributed by atoms with Gasteiger partial charge in [0, 0.05) is 23.1 Å². The first-order chi connectivity index (χ1) is 8.03. The van der Waals surface area contributed by atoms with Crippen LogP contribution in [0.2, 0.25) is 5.04 Å². The molecule has 1 fully saturated rings.